The molecule has 2 aromatic rings. The zero-order chi connectivity index (χ0) is 16.2. The van der Waals surface area contributed by atoms with Crippen LogP contribution in [0, 0.1) is 0 Å². The van der Waals surface area contributed by atoms with E-state index in [0.29, 0.717) is 5.92 Å². The number of nitrogens with zero attached hydrogens (tertiary/aromatic N) is 3. The molecule has 1 amide bonds. The molecule has 1 fully saturated rings. The normalized spacial score (nSPS) is 17.8. The van der Waals surface area contributed by atoms with E-state index in [9.17, 15) is 4.79 Å². The lowest BCUT2D eigenvalue weighted by Gasteiger charge is -2.33. The minimum Gasteiger partial charge on any atom is -0.363 e. The smallest absolute Gasteiger partial charge is 0.254 e. The molecule has 1 aromatic heterocycles. The van der Waals surface area contributed by atoms with E-state index in [1.54, 1.807) is 6.20 Å². The molecule has 0 N–H and O–H groups in total. The number of piperidine rings is 1. The number of likely N-dealkylation sites (tertiary alicyclic amines) is 1. The van der Waals surface area contributed by atoms with Gasteiger partial charge in [-0.25, -0.2) is 4.98 Å². The van der Waals surface area contributed by atoms with Gasteiger partial charge in [0.05, 0.1) is 0 Å². The van der Waals surface area contributed by atoms with Gasteiger partial charge >= 0.3 is 0 Å². The standard InChI is InChI=1S/C19H23N3O/c1-21(2)18-13-16(10-11-20-18)19(23)22-12-6-9-17(14-22)15-7-4-3-5-8-15/h3-5,7-8,10-11,13,17H,6,9,12,14H2,1-2H3/t17-/m1/s1. The third kappa shape index (κ3) is 3.52. The summed E-state index contributed by atoms with van der Waals surface area (Å²) in [5.41, 5.74) is 2.05. The number of carbonyl (C=O) groups excluding carboxylic acids is 1. The van der Waals surface area contributed by atoms with Crippen molar-refractivity contribution in [3.05, 3.63) is 59.8 Å². The van der Waals surface area contributed by atoms with Crippen LogP contribution in [0.4, 0.5) is 5.82 Å². The molecule has 2 heterocycles. The lowest BCUT2D eigenvalue weighted by atomic mass is 9.90. The molecule has 4 heteroatoms. The van der Waals surface area contributed by atoms with Crippen molar-refractivity contribution in [2.24, 2.45) is 0 Å². The molecule has 0 spiro atoms. The van der Waals surface area contributed by atoms with E-state index in [1.807, 2.05) is 42.1 Å². The predicted octanol–water partition coefficient (Wildman–Crippen LogP) is 3.17. The number of hydrogen-bond donors (Lipinski definition) is 0. The number of benzene rings is 1. The number of amides is 1. The molecule has 0 saturated carbocycles. The Labute approximate surface area is 137 Å². The lowest BCUT2D eigenvalue weighted by Crippen LogP contribution is -2.39. The predicted molar refractivity (Wildman–Crippen MR) is 92.9 cm³/mol. The molecule has 1 aliphatic rings. The summed E-state index contributed by atoms with van der Waals surface area (Å²) in [7, 11) is 3.87. The number of aromatic nitrogens is 1. The summed E-state index contributed by atoms with van der Waals surface area (Å²) < 4.78 is 0. The third-order valence-corrected chi connectivity index (χ3v) is 4.43. The van der Waals surface area contributed by atoms with Gasteiger partial charge in [-0.05, 0) is 30.5 Å². The van der Waals surface area contributed by atoms with E-state index >= 15 is 0 Å². The number of anilines is 1. The largest absolute Gasteiger partial charge is 0.363 e. The minimum atomic E-state index is 0.108. The molecular weight excluding hydrogens is 286 g/mol. The Balaban J connectivity index is 1.76. The van der Waals surface area contributed by atoms with Crippen molar-refractivity contribution in [2.45, 2.75) is 18.8 Å². The number of rotatable bonds is 3. The van der Waals surface area contributed by atoms with Gasteiger partial charge in [-0.15, -0.1) is 0 Å². The first-order chi connectivity index (χ1) is 11.1. The van der Waals surface area contributed by atoms with Crippen molar-refractivity contribution in [3.63, 3.8) is 0 Å². The number of pyridine rings is 1. The summed E-state index contributed by atoms with van der Waals surface area (Å²) in [5, 5.41) is 0. The highest BCUT2D eigenvalue weighted by atomic mass is 16.2. The van der Waals surface area contributed by atoms with Gasteiger partial charge in [0.1, 0.15) is 5.82 Å². The first-order valence-corrected chi connectivity index (χ1v) is 8.13. The van der Waals surface area contributed by atoms with Gasteiger partial charge < -0.3 is 9.80 Å². The molecule has 3 rings (SSSR count). The van der Waals surface area contributed by atoms with Crippen LogP contribution in [-0.4, -0.2) is 43.0 Å². The Bertz CT molecular complexity index is 669. The lowest BCUT2D eigenvalue weighted by molar-refractivity contribution is 0.0707. The highest BCUT2D eigenvalue weighted by Crippen LogP contribution is 2.27. The Morgan fingerprint density at radius 2 is 2.00 bits per heavy atom. The highest BCUT2D eigenvalue weighted by molar-refractivity contribution is 5.95. The summed E-state index contributed by atoms with van der Waals surface area (Å²) in [4.78, 5) is 21.0. The fraction of sp³-hybridized carbons (Fsp3) is 0.368. The minimum absolute atomic E-state index is 0.108. The Morgan fingerprint density at radius 3 is 2.74 bits per heavy atom. The molecule has 1 aliphatic heterocycles. The third-order valence-electron chi connectivity index (χ3n) is 4.43. The van der Waals surface area contributed by atoms with Crippen molar-refractivity contribution in [1.82, 2.24) is 9.88 Å². The van der Waals surface area contributed by atoms with Gasteiger partial charge in [0.2, 0.25) is 0 Å². The van der Waals surface area contributed by atoms with Crippen molar-refractivity contribution in [3.8, 4) is 0 Å². The fourth-order valence-corrected chi connectivity index (χ4v) is 3.14. The number of hydrogen-bond acceptors (Lipinski definition) is 3. The molecule has 1 saturated heterocycles. The summed E-state index contributed by atoms with van der Waals surface area (Å²) in [5.74, 6) is 1.35. The van der Waals surface area contributed by atoms with Crippen LogP contribution < -0.4 is 4.90 Å². The Morgan fingerprint density at radius 1 is 1.22 bits per heavy atom. The fourth-order valence-electron chi connectivity index (χ4n) is 3.14. The van der Waals surface area contributed by atoms with Crippen LogP contribution in [-0.2, 0) is 0 Å². The first-order valence-electron chi connectivity index (χ1n) is 8.13. The van der Waals surface area contributed by atoms with Gasteiger partial charge in [-0.1, -0.05) is 30.3 Å². The molecule has 120 valence electrons. The summed E-state index contributed by atoms with van der Waals surface area (Å²) in [6.07, 6.45) is 3.91. The SMILES string of the molecule is CN(C)c1cc(C(=O)N2CCC[C@@H](c3ccccc3)C2)ccn1. The first kappa shape index (κ1) is 15.5. The van der Waals surface area contributed by atoms with Gasteiger partial charge in [-0.3, -0.25) is 4.79 Å². The topological polar surface area (TPSA) is 36.4 Å². The van der Waals surface area contributed by atoms with Crippen LogP contribution in [0.5, 0.6) is 0 Å². The molecule has 0 radical (unpaired) electrons. The summed E-state index contributed by atoms with van der Waals surface area (Å²) in [6.45, 7) is 1.63. The van der Waals surface area contributed by atoms with Gasteiger partial charge in [0.25, 0.3) is 5.91 Å². The summed E-state index contributed by atoms with van der Waals surface area (Å²) in [6, 6.07) is 14.2. The van der Waals surface area contributed by atoms with Gasteiger partial charge in [0, 0.05) is 44.9 Å². The molecule has 23 heavy (non-hydrogen) atoms. The molecular formula is C19H23N3O. The van der Waals surface area contributed by atoms with Crippen molar-refractivity contribution >= 4 is 11.7 Å². The van der Waals surface area contributed by atoms with Crippen LogP contribution in [0.15, 0.2) is 48.7 Å². The quantitative estimate of drug-likeness (QED) is 0.874. The second-order valence-corrected chi connectivity index (χ2v) is 6.30. The molecule has 0 bridgehead atoms. The van der Waals surface area contributed by atoms with Crippen LogP contribution in [0.3, 0.4) is 0 Å². The van der Waals surface area contributed by atoms with Crippen LogP contribution in [0.2, 0.25) is 0 Å². The zero-order valence-electron chi connectivity index (χ0n) is 13.8. The molecule has 1 atom stereocenters. The molecule has 4 nitrogen and oxygen atoms in total. The zero-order valence-corrected chi connectivity index (χ0v) is 13.8. The average Bonchev–Trinajstić information content (AvgIpc) is 2.62. The van der Waals surface area contributed by atoms with E-state index in [1.165, 1.54) is 5.56 Å². The van der Waals surface area contributed by atoms with E-state index in [4.69, 9.17) is 0 Å². The molecule has 0 unspecified atom stereocenters. The summed E-state index contributed by atoms with van der Waals surface area (Å²) >= 11 is 0. The highest BCUT2D eigenvalue weighted by Gasteiger charge is 2.25. The van der Waals surface area contributed by atoms with E-state index < -0.39 is 0 Å². The van der Waals surface area contributed by atoms with Gasteiger partial charge in [0.15, 0.2) is 0 Å². The van der Waals surface area contributed by atoms with Crippen LogP contribution in [0.25, 0.3) is 0 Å². The second-order valence-electron chi connectivity index (χ2n) is 6.30. The molecule has 0 aliphatic carbocycles. The maximum Gasteiger partial charge on any atom is 0.254 e. The molecule has 1 aromatic carbocycles. The van der Waals surface area contributed by atoms with Crippen LogP contribution in [0.1, 0.15) is 34.7 Å². The van der Waals surface area contributed by atoms with Gasteiger partial charge in [-0.2, -0.15) is 0 Å². The maximum atomic E-state index is 12.8. The second kappa shape index (κ2) is 6.82. The maximum absolute atomic E-state index is 12.8. The van der Waals surface area contributed by atoms with Crippen molar-refractivity contribution < 1.29 is 4.79 Å². The van der Waals surface area contributed by atoms with E-state index in [-0.39, 0.29) is 5.91 Å². The van der Waals surface area contributed by atoms with E-state index in [2.05, 4.69) is 29.2 Å². The van der Waals surface area contributed by atoms with Crippen molar-refractivity contribution in [1.29, 1.82) is 0 Å². The Kier molecular flexibility index (Phi) is 4.60. The Hall–Kier alpha value is -2.36. The monoisotopic (exact) mass is 309 g/mol. The van der Waals surface area contributed by atoms with E-state index in [0.717, 1.165) is 37.3 Å². The van der Waals surface area contributed by atoms with Crippen LogP contribution >= 0.6 is 0 Å². The average molecular weight is 309 g/mol. The van der Waals surface area contributed by atoms with Crippen molar-refractivity contribution in [2.75, 3.05) is 32.1 Å². The number of carbonyl (C=O) groups is 1.